The molecule has 2 N–H and O–H groups in total. The molecule has 6 heteroatoms. The number of Topliss-reactive ketones (excluding diaryl/α,β-unsaturated/α-hetero) is 1. The van der Waals surface area contributed by atoms with Crippen molar-refractivity contribution >= 4 is 11.9 Å². The van der Waals surface area contributed by atoms with Crippen LogP contribution in [0, 0.1) is 0 Å². The third-order valence-electron chi connectivity index (χ3n) is 3.00. The van der Waals surface area contributed by atoms with E-state index in [9.17, 15) is 19.8 Å². The van der Waals surface area contributed by atoms with Crippen molar-refractivity contribution in [2.75, 3.05) is 6.61 Å². The van der Waals surface area contributed by atoms with Gasteiger partial charge in [0, 0.05) is 17.2 Å². The van der Waals surface area contributed by atoms with Gasteiger partial charge < -0.3 is 19.7 Å². The third-order valence-corrected chi connectivity index (χ3v) is 3.00. The Bertz CT molecular complexity index is 675. The van der Waals surface area contributed by atoms with Gasteiger partial charge in [-0.1, -0.05) is 30.3 Å². The van der Waals surface area contributed by atoms with Crippen LogP contribution in [0.2, 0.25) is 0 Å². The fourth-order valence-electron chi connectivity index (χ4n) is 2.04. The van der Waals surface area contributed by atoms with Crippen molar-refractivity contribution in [3.63, 3.8) is 0 Å². The molecule has 0 amide bonds. The molecule has 0 aliphatic carbocycles. The number of hydrogen-bond donors (Lipinski definition) is 2. The fourth-order valence-corrected chi connectivity index (χ4v) is 2.04. The summed E-state index contributed by atoms with van der Waals surface area (Å²) in [5.74, 6) is -1.000. The van der Waals surface area contributed by atoms with Gasteiger partial charge in [0.15, 0.2) is 6.10 Å². The first kappa shape index (κ1) is 16.4. The zero-order valence-electron chi connectivity index (χ0n) is 12.4. The van der Waals surface area contributed by atoms with Crippen molar-refractivity contribution in [2.24, 2.45) is 0 Å². The van der Waals surface area contributed by atoms with Crippen LogP contribution in [0.1, 0.15) is 28.9 Å². The number of carbonyl (C=O) groups excluding carboxylic acids is 2. The summed E-state index contributed by atoms with van der Waals surface area (Å²) in [6.07, 6.45) is -2.35. The molecule has 2 aromatic rings. The highest BCUT2D eigenvalue weighted by molar-refractivity contribution is 6.00. The Morgan fingerprint density at radius 2 is 1.65 bits per heavy atom. The Balaban J connectivity index is 2.38. The first-order valence-electron chi connectivity index (χ1n) is 6.97. The molecular weight excluding hydrogens is 300 g/mol. The third kappa shape index (κ3) is 4.23. The van der Waals surface area contributed by atoms with Crippen LogP contribution in [-0.2, 0) is 9.47 Å². The minimum atomic E-state index is -1.34. The molecule has 1 atom stereocenters. The average molecular weight is 316 g/mol. The van der Waals surface area contributed by atoms with Gasteiger partial charge in [-0.25, -0.2) is 4.79 Å². The zero-order chi connectivity index (χ0) is 16.8. The number of phenols is 2. The lowest BCUT2D eigenvalue weighted by Crippen LogP contribution is -2.20. The Hall–Kier alpha value is -3.02. The van der Waals surface area contributed by atoms with E-state index in [4.69, 9.17) is 9.47 Å². The van der Waals surface area contributed by atoms with E-state index in [1.807, 2.05) is 0 Å². The van der Waals surface area contributed by atoms with E-state index in [1.165, 1.54) is 12.1 Å². The van der Waals surface area contributed by atoms with Crippen molar-refractivity contribution in [1.29, 1.82) is 0 Å². The lowest BCUT2D eigenvalue weighted by molar-refractivity contribution is 0.0243. The normalized spacial score (nSPS) is 11.5. The molecule has 0 aromatic heterocycles. The van der Waals surface area contributed by atoms with E-state index in [0.29, 0.717) is 5.56 Å². The maximum Gasteiger partial charge on any atom is 0.509 e. The van der Waals surface area contributed by atoms with Crippen molar-refractivity contribution in [3.8, 4) is 11.5 Å². The van der Waals surface area contributed by atoms with E-state index in [1.54, 1.807) is 37.3 Å². The Morgan fingerprint density at radius 1 is 1.04 bits per heavy atom. The van der Waals surface area contributed by atoms with Gasteiger partial charge in [-0.2, -0.15) is 0 Å². The van der Waals surface area contributed by atoms with Gasteiger partial charge in [-0.3, -0.25) is 4.79 Å². The number of aromatic hydroxyl groups is 2. The average Bonchev–Trinajstić information content (AvgIpc) is 2.52. The van der Waals surface area contributed by atoms with Crippen molar-refractivity contribution in [1.82, 2.24) is 0 Å². The minimum Gasteiger partial charge on any atom is -0.508 e. The summed E-state index contributed by atoms with van der Waals surface area (Å²) in [5, 5.41) is 19.2. The van der Waals surface area contributed by atoms with Crippen LogP contribution >= 0.6 is 0 Å². The standard InChI is InChI=1S/C17H16O6/c1-2-22-17(21)23-16(12-8-13(18)10-14(19)9-12)15(20)11-6-4-3-5-7-11/h3-10,16,18-19H,2H2,1H3. The highest BCUT2D eigenvalue weighted by atomic mass is 16.7. The molecule has 120 valence electrons. The number of benzene rings is 2. The Kier molecular flexibility index (Phi) is 5.19. The number of phenolic OH excluding ortho intramolecular Hbond substituents is 2. The number of carbonyl (C=O) groups is 2. The van der Waals surface area contributed by atoms with Gasteiger partial charge in [0.1, 0.15) is 11.5 Å². The van der Waals surface area contributed by atoms with Crippen molar-refractivity contribution in [2.45, 2.75) is 13.0 Å². The molecule has 2 rings (SSSR count). The summed E-state index contributed by atoms with van der Waals surface area (Å²) in [4.78, 5) is 24.2. The van der Waals surface area contributed by atoms with Crippen LogP contribution in [0.4, 0.5) is 4.79 Å². The minimum absolute atomic E-state index is 0.0936. The van der Waals surface area contributed by atoms with Gasteiger partial charge >= 0.3 is 6.16 Å². The molecule has 1 unspecified atom stereocenters. The summed E-state index contributed by atoms with van der Waals surface area (Å²) in [6.45, 7) is 1.70. The van der Waals surface area contributed by atoms with Gasteiger partial charge in [-0.05, 0) is 19.1 Å². The van der Waals surface area contributed by atoms with E-state index in [-0.39, 0.29) is 23.7 Å². The Morgan fingerprint density at radius 3 is 2.22 bits per heavy atom. The number of hydrogen-bond acceptors (Lipinski definition) is 6. The van der Waals surface area contributed by atoms with Crippen LogP contribution in [-0.4, -0.2) is 28.8 Å². The van der Waals surface area contributed by atoms with Crippen LogP contribution < -0.4 is 0 Å². The quantitative estimate of drug-likeness (QED) is 0.650. The zero-order valence-corrected chi connectivity index (χ0v) is 12.4. The summed E-state index contributed by atoms with van der Waals surface area (Å²) < 4.78 is 9.77. The first-order chi connectivity index (χ1) is 11.0. The van der Waals surface area contributed by atoms with Crippen molar-refractivity contribution in [3.05, 3.63) is 59.7 Å². The molecule has 0 saturated carbocycles. The monoisotopic (exact) mass is 316 g/mol. The smallest absolute Gasteiger partial charge is 0.508 e. The molecular formula is C17H16O6. The van der Waals surface area contributed by atoms with Crippen LogP contribution in [0.15, 0.2) is 48.5 Å². The molecule has 0 radical (unpaired) electrons. The summed E-state index contributed by atoms with van der Waals surface area (Å²) >= 11 is 0. The predicted molar refractivity (Wildman–Crippen MR) is 81.4 cm³/mol. The first-order valence-corrected chi connectivity index (χ1v) is 6.97. The van der Waals surface area contributed by atoms with Gasteiger partial charge in [0.05, 0.1) is 6.61 Å². The SMILES string of the molecule is CCOC(=O)OC(C(=O)c1ccccc1)c1cc(O)cc(O)c1. The summed E-state index contributed by atoms with van der Waals surface area (Å²) in [7, 11) is 0. The van der Waals surface area contributed by atoms with E-state index in [2.05, 4.69) is 0 Å². The number of rotatable bonds is 5. The molecule has 0 fully saturated rings. The fraction of sp³-hybridized carbons (Fsp3) is 0.176. The van der Waals surface area contributed by atoms with Crippen LogP contribution in [0.5, 0.6) is 11.5 Å². The molecule has 0 spiro atoms. The molecule has 0 heterocycles. The number of ketones is 1. The highest BCUT2D eigenvalue weighted by Crippen LogP contribution is 2.29. The predicted octanol–water partition coefficient (Wildman–Crippen LogP) is 3.19. The molecule has 0 bridgehead atoms. The van der Waals surface area contributed by atoms with Gasteiger partial charge in [0.2, 0.25) is 5.78 Å². The molecule has 0 aliphatic heterocycles. The Labute approximate surface area is 132 Å². The number of ether oxygens (including phenoxy) is 2. The molecule has 6 nitrogen and oxygen atoms in total. The second-order valence-corrected chi connectivity index (χ2v) is 4.69. The van der Waals surface area contributed by atoms with Gasteiger partial charge in [-0.15, -0.1) is 0 Å². The molecule has 23 heavy (non-hydrogen) atoms. The van der Waals surface area contributed by atoms with Crippen molar-refractivity contribution < 1.29 is 29.3 Å². The van der Waals surface area contributed by atoms with E-state index < -0.39 is 18.0 Å². The van der Waals surface area contributed by atoms with Crippen LogP contribution in [0.3, 0.4) is 0 Å². The molecule has 2 aromatic carbocycles. The van der Waals surface area contributed by atoms with Crippen LogP contribution in [0.25, 0.3) is 0 Å². The highest BCUT2D eigenvalue weighted by Gasteiger charge is 2.27. The van der Waals surface area contributed by atoms with Gasteiger partial charge in [0.25, 0.3) is 0 Å². The second kappa shape index (κ2) is 7.31. The van der Waals surface area contributed by atoms with E-state index >= 15 is 0 Å². The summed E-state index contributed by atoms with van der Waals surface area (Å²) in [5.41, 5.74) is 0.467. The lowest BCUT2D eigenvalue weighted by atomic mass is 9.99. The summed E-state index contributed by atoms with van der Waals surface area (Å²) in [6, 6.07) is 11.8. The maximum absolute atomic E-state index is 12.6. The largest absolute Gasteiger partial charge is 0.509 e. The molecule has 0 saturated heterocycles. The van der Waals surface area contributed by atoms with E-state index in [0.717, 1.165) is 6.07 Å². The second-order valence-electron chi connectivity index (χ2n) is 4.69. The topological polar surface area (TPSA) is 93.1 Å². The lowest BCUT2D eigenvalue weighted by Gasteiger charge is -2.17. The maximum atomic E-state index is 12.6. The molecule has 0 aliphatic rings.